The lowest BCUT2D eigenvalue weighted by molar-refractivity contribution is 0.101. The molecule has 2 aliphatic rings. The first-order valence-corrected chi connectivity index (χ1v) is 8.93. The van der Waals surface area contributed by atoms with Crippen molar-refractivity contribution in [3.8, 4) is 11.5 Å². The summed E-state index contributed by atoms with van der Waals surface area (Å²) in [5, 5.41) is 10.4. The average molecular weight is 354 g/mol. The largest absolute Gasteiger partial charge is 0.507 e. The van der Waals surface area contributed by atoms with Crippen LogP contribution < -0.4 is 4.74 Å². The van der Waals surface area contributed by atoms with Crippen molar-refractivity contribution in [1.82, 2.24) is 9.80 Å². The molecule has 1 aromatic carbocycles. The molecule has 0 aliphatic carbocycles. The van der Waals surface area contributed by atoms with Crippen molar-refractivity contribution < 1.29 is 19.1 Å². The number of ketones is 1. The van der Waals surface area contributed by atoms with Crippen LogP contribution in [-0.2, 0) is 6.54 Å². The first kappa shape index (κ1) is 16.9. The van der Waals surface area contributed by atoms with E-state index >= 15 is 0 Å². The minimum Gasteiger partial charge on any atom is -0.507 e. The summed E-state index contributed by atoms with van der Waals surface area (Å²) >= 11 is 0. The molecule has 4 rings (SSSR count). The second kappa shape index (κ2) is 6.97. The highest BCUT2D eigenvalue weighted by Crippen LogP contribution is 2.40. The summed E-state index contributed by atoms with van der Waals surface area (Å²) in [6, 6.07) is 6.71. The normalized spacial score (nSPS) is 19.7. The van der Waals surface area contributed by atoms with Gasteiger partial charge in [0.25, 0.3) is 0 Å². The Hall–Kier alpha value is -2.57. The molecule has 0 atom stereocenters. The fourth-order valence-electron chi connectivity index (χ4n) is 3.44. The number of piperazine rings is 1. The standard InChI is InChI=1S/C20H22N2O4/c1-2-21-7-9-22(10-8-21)13-16-17(23)6-5-15-19(24)18(26-20(15)16)12-14-4-3-11-25-14/h3-6,11-12,23H,2,7-10,13H2,1H3/b18-12+. The molecule has 1 saturated heterocycles. The summed E-state index contributed by atoms with van der Waals surface area (Å²) in [5.74, 6) is 1.22. The fourth-order valence-corrected chi connectivity index (χ4v) is 3.44. The van der Waals surface area contributed by atoms with Gasteiger partial charge >= 0.3 is 0 Å². The van der Waals surface area contributed by atoms with Gasteiger partial charge in [0.15, 0.2) is 5.76 Å². The molecule has 6 heteroatoms. The van der Waals surface area contributed by atoms with Crippen LogP contribution in [0.4, 0.5) is 0 Å². The number of aromatic hydroxyl groups is 1. The summed E-state index contributed by atoms with van der Waals surface area (Å²) in [7, 11) is 0. The average Bonchev–Trinajstić information content (AvgIpc) is 3.27. The molecular formula is C20H22N2O4. The van der Waals surface area contributed by atoms with Crippen LogP contribution in [0, 0.1) is 0 Å². The maximum atomic E-state index is 12.6. The Morgan fingerprint density at radius 2 is 1.92 bits per heavy atom. The molecule has 0 radical (unpaired) electrons. The number of ether oxygens (including phenoxy) is 1. The number of hydrogen-bond acceptors (Lipinski definition) is 6. The number of nitrogens with zero attached hydrogens (tertiary/aromatic N) is 2. The van der Waals surface area contributed by atoms with E-state index in [0.717, 1.165) is 32.7 Å². The van der Waals surface area contributed by atoms with Crippen LogP contribution in [0.1, 0.15) is 28.6 Å². The second-order valence-corrected chi connectivity index (χ2v) is 6.61. The number of hydrogen-bond donors (Lipinski definition) is 1. The van der Waals surface area contributed by atoms with Crippen LogP contribution in [0.5, 0.6) is 11.5 Å². The topological polar surface area (TPSA) is 66.2 Å². The van der Waals surface area contributed by atoms with Gasteiger partial charge < -0.3 is 19.2 Å². The van der Waals surface area contributed by atoms with Crippen LogP contribution in [0.25, 0.3) is 6.08 Å². The van der Waals surface area contributed by atoms with Crippen molar-refractivity contribution in [2.24, 2.45) is 0 Å². The van der Waals surface area contributed by atoms with Crippen molar-refractivity contribution in [3.05, 3.63) is 53.2 Å². The number of fused-ring (bicyclic) bond motifs is 1. The number of allylic oxidation sites excluding steroid dienone is 1. The minimum atomic E-state index is -0.187. The molecule has 2 aliphatic heterocycles. The first-order valence-electron chi connectivity index (χ1n) is 8.93. The Balaban J connectivity index is 1.58. The van der Waals surface area contributed by atoms with Crippen LogP contribution in [0.3, 0.4) is 0 Å². The van der Waals surface area contributed by atoms with E-state index in [2.05, 4.69) is 16.7 Å². The van der Waals surface area contributed by atoms with E-state index in [1.807, 2.05) is 0 Å². The molecule has 1 N–H and O–H groups in total. The highest BCUT2D eigenvalue weighted by molar-refractivity contribution is 6.14. The number of furan rings is 1. The van der Waals surface area contributed by atoms with Gasteiger partial charge in [-0.15, -0.1) is 0 Å². The number of phenols is 1. The van der Waals surface area contributed by atoms with Crippen molar-refractivity contribution in [2.75, 3.05) is 32.7 Å². The van der Waals surface area contributed by atoms with Gasteiger partial charge in [0.05, 0.1) is 17.4 Å². The summed E-state index contributed by atoms with van der Waals surface area (Å²) in [6.45, 7) is 7.66. The number of carbonyl (C=O) groups is 1. The molecule has 26 heavy (non-hydrogen) atoms. The number of benzene rings is 1. The zero-order valence-corrected chi connectivity index (χ0v) is 14.8. The molecular weight excluding hydrogens is 332 g/mol. The number of likely N-dealkylation sites (N-methyl/N-ethyl adjacent to an activating group) is 1. The Bertz CT molecular complexity index is 834. The van der Waals surface area contributed by atoms with Crippen LogP contribution >= 0.6 is 0 Å². The summed E-state index contributed by atoms with van der Waals surface area (Å²) in [6.07, 6.45) is 3.13. The predicted molar refractivity (Wildman–Crippen MR) is 97.1 cm³/mol. The summed E-state index contributed by atoms with van der Waals surface area (Å²) in [5.41, 5.74) is 1.16. The lowest BCUT2D eigenvalue weighted by atomic mass is 10.0. The van der Waals surface area contributed by atoms with Gasteiger partial charge in [-0.25, -0.2) is 0 Å². The molecule has 0 spiro atoms. The van der Waals surface area contributed by atoms with E-state index in [1.165, 1.54) is 0 Å². The molecule has 0 amide bonds. The molecule has 2 aromatic rings. The van der Waals surface area contributed by atoms with Crippen LogP contribution in [0.15, 0.2) is 40.7 Å². The lowest BCUT2D eigenvalue weighted by Crippen LogP contribution is -2.45. The van der Waals surface area contributed by atoms with Crippen molar-refractivity contribution in [3.63, 3.8) is 0 Å². The zero-order valence-electron chi connectivity index (χ0n) is 14.8. The van der Waals surface area contributed by atoms with Gasteiger partial charge in [-0.05, 0) is 30.8 Å². The Morgan fingerprint density at radius 1 is 1.15 bits per heavy atom. The van der Waals surface area contributed by atoms with Gasteiger partial charge in [0.1, 0.15) is 17.3 Å². The molecule has 1 fully saturated rings. The highest BCUT2D eigenvalue weighted by Gasteiger charge is 2.32. The number of Topliss-reactive ketones (excluding diaryl/α,β-unsaturated/α-hetero) is 1. The van der Waals surface area contributed by atoms with Crippen molar-refractivity contribution in [2.45, 2.75) is 13.5 Å². The van der Waals surface area contributed by atoms with Crippen molar-refractivity contribution in [1.29, 1.82) is 0 Å². The highest BCUT2D eigenvalue weighted by atomic mass is 16.5. The third-order valence-electron chi connectivity index (χ3n) is 5.03. The van der Waals surface area contributed by atoms with E-state index in [-0.39, 0.29) is 17.3 Å². The molecule has 0 unspecified atom stereocenters. The van der Waals surface area contributed by atoms with Gasteiger partial charge in [0.2, 0.25) is 5.78 Å². The summed E-state index contributed by atoms with van der Waals surface area (Å²) < 4.78 is 11.1. The fraction of sp³-hybridized carbons (Fsp3) is 0.350. The molecule has 0 saturated carbocycles. The van der Waals surface area contributed by atoms with Gasteiger partial charge in [-0.2, -0.15) is 0 Å². The Labute approximate surface area is 152 Å². The second-order valence-electron chi connectivity index (χ2n) is 6.61. The van der Waals surface area contributed by atoms with E-state index in [0.29, 0.717) is 29.2 Å². The third kappa shape index (κ3) is 3.13. The van der Waals surface area contributed by atoms with E-state index in [1.54, 1.807) is 36.6 Å². The monoisotopic (exact) mass is 354 g/mol. The minimum absolute atomic E-state index is 0.161. The Morgan fingerprint density at radius 3 is 2.62 bits per heavy atom. The van der Waals surface area contributed by atoms with Gasteiger partial charge in [-0.3, -0.25) is 9.69 Å². The lowest BCUT2D eigenvalue weighted by Gasteiger charge is -2.34. The third-order valence-corrected chi connectivity index (χ3v) is 5.03. The quantitative estimate of drug-likeness (QED) is 0.852. The smallest absolute Gasteiger partial charge is 0.232 e. The number of rotatable bonds is 4. The first-order chi connectivity index (χ1) is 12.7. The molecule has 6 nitrogen and oxygen atoms in total. The number of phenolic OH excluding ortho intramolecular Hbond substituents is 1. The van der Waals surface area contributed by atoms with Crippen LogP contribution in [0.2, 0.25) is 0 Å². The molecule has 1 aromatic heterocycles. The predicted octanol–water partition coefficient (Wildman–Crippen LogP) is 2.74. The maximum Gasteiger partial charge on any atom is 0.232 e. The maximum absolute atomic E-state index is 12.6. The molecule has 3 heterocycles. The van der Waals surface area contributed by atoms with Gasteiger partial charge in [0, 0.05) is 38.8 Å². The van der Waals surface area contributed by atoms with Gasteiger partial charge in [-0.1, -0.05) is 6.92 Å². The Kier molecular flexibility index (Phi) is 4.53. The summed E-state index contributed by atoms with van der Waals surface area (Å²) in [4.78, 5) is 17.3. The van der Waals surface area contributed by atoms with Crippen LogP contribution in [-0.4, -0.2) is 53.4 Å². The SMILES string of the molecule is CCN1CCN(Cc2c(O)ccc3c2O/C(=C/c2ccco2)C3=O)CC1. The zero-order chi connectivity index (χ0) is 18.1. The molecule has 136 valence electrons. The van der Waals surface area contributed by atoms with Crippen molar-refractivity contribution >= 4 is 11.9 Å². The van der Waals surface area contributed by atoms with E-state index < -0.39 is 0 Å². The van der Waals surface area contributed by atoms with E-state index in [9.17, 15) is 9.90 Å². The van der Waals surface area contributed by atoms with E-state index in [4.69, 9.17) is 9.15 Å². The number of carbonyl (C=O) groups excluding carboxylic acids is 1. The molecule has 0 bridgehead atoms.